The van der Waals surface area contributed by atoms with Crippen molar-refractivity contribution >= 4 is 11.3 Å². The number of nitrogens with two attached hydrogens (primary N) is 1. The molecule has 0 fully saturated rings. The molecule has 0 saturated carbocycles. The minimum Gasteiger partial charge on any atom is -0.437 e. The van der Waals surface area contributed by atoms with E-state index in [1.54, 1.807) is 23.0 Å². The van der Waals surface area contributed by atoms with Gasteiger partial charge in [-0.25, -0.2) is 4.52 Å². The predicted molar refractivity (Wildman–Crippen MR) is 73.3 cm³/mol. The van der Waals surface area contributed by atoms with E-state index in [1.165, 1.54) is 5.56 Å². The molecule has 96 valence electrons. The molecule has 0 aliphatic carbocycles. The van der Waals surface area contributed by atoms with Crippen molar-refractivity contribution in [2.75, 3.05) is 5.73 Å². The Hall–Kier alpha value is -2.56. The summed E-state index contributed by atoms with van der Waals surface area (Å²) in [4.78, 5) is 4.34. The first-order valence-corrected chi connectivity index (χ1v) is 6.13. The van der Waals surface area contributed by atoms with Crippen molar-refractivity contribution in [3.8, 4) is 11.6 Å². The molecule has 0 amide bonds. The fourth-order valence-electron chi connectivity index (χ4n) is 1.88. The minimum absolute atomic E-state index is 0.504. The summed E-state index contributed by atoms with van der Waals surface area (Å²) in [7, 11) is 0. The second kappa shape index (κ2) is 4.61. The lowest BCUT2D eigenvalue weighted by Crippen LogP contribution is -1.96. The highest BCUT2D eigenvalue weighted by Gasteiger charge is 2.05. The van der Waals surface area contributed by atoms with E-state index in [-0.39, 0.29) is 0 Å². The van der Waals surface area contributed by atoms with Gasteiger partial charge in [0.05, 0.1) is 11.9 Å². The van der Waals surface area contributed by atoms with Gasteiger partial charge in [0.25, 0.3) is 0 Å². The molecule has 0 aliphatic rings. The number of rotatable bonds is 3. The average molecular weight is 254 g/mol. The topological polar surface area (TPSA) is 65.4 Å². The summed E-state index contributed by atoms with van der Waals surface area (Å²) >= 11 is 0. The Kier molecular flexibility index (Phi) is 2.79. The SMILES string of the molecule is CCc1ccc(Oc2ccn3nccc3n2)c(N)c1. The Morgan fingerprint density at radius 2 is 2.16 bits per heavy atom. The second-order valence-electron chi connectivity index (χ2n) is 4.23. The molecule has 5 heteroatoms. The smallest absolute Gasteiger partial charge is 0.222 e. The van der Waals surface area contributed by atoms with Crippen molar-refractivity contribution in [2.45, 2.75) is 13.3 Å². The molecule has 0 spiro atoms. The van der Waals surface area contributed by atoms with Crippen LogP contribution in [0.25, 0.3) is 5.65 Å². The number of hydrogen-bond donors (Lipinski definition) is 1. The van der Waals surface area contributed by atoms with Crippen LogP contribution in [-0.2, 0) is 6.42 Å². The van der Waals surface area contributed by atoms with Gasteiger partial charge in [-0.15, -0.1) is 0 Å². The number of aromatic nitrogens is 3. The molecule has 3 rings (SSSR count). The summed E-state index contributed by atoms with van der Waals surface area (Å²) in [5.74, 6) is 1.12. The molecule has 0 saturated heterocycles. The summed E-state index contributed by atoms with van der Waals surface area (Å²) in [6.45, 7) is 2.09. The summed E-state index contributed by atoms with van der Waals surface area (Å²) in [6, 6.07) is 9.37. The average Bonchev–Trinajstić information content (AvgIpc) is 2.88. The summed E-state index contributed by atoms with van der Waals surface area (Å²) in [5.41, 5.74) is 8.51. The fourth-order valence-corrected chi connectivity index (χ4v) is 1.88. The van der Waals surface area contributed by atoms with Gasteiger partial charge in [0.15, 0.2) is 11.4 Å². The van der Waals surface area contributed by atoms with Crippen LogP contribution in [0.15, 0.2) is 42.7 Å². The van der Waals surface area contributed by atoms with Crippen molar-refractivity contribution in [3.63, 3.8) is 0 Å². The molecule has 0 atom stereocenters. The lowest BCUT2D eigenvalue weighted by atomic mass is 10.1. The van der Waals surface area contributed by atoms with E-state index >= 15 is 0 Å². The number of benzene rings is 1. The molecule has 0 bridgehead atoms. The quantitative estimate of drug-likeness (QED) is 0.730. The molecule has 0 radical (unpaired) electrons. The van der Waals surface area contributed by atoms with E-state index in [0.717, 1.165) is 12.1 Å². The predicted octanol–water partition coefficient (Wildman–Crippen LogP) is 2.67. The van der Waals surface area contributed by atoms with Gasteiger partial charge in [-0.2, -0.15) is 10.1 Å². The van der Waals surface area contributed by atoms with Crippen molar-refractivity contribution < 1.29 is 4.74 Å². The summed E-state index contributed by atoms with van der Waals surface area (Å²) in [5, 5.41) is 4.08. The van der Waals surface area contributed by atoms with Gasteiger partial charge < -0.3 is 10.5 Å². The maximum Gasteiger partial charge on any atom is 0.222 e. The molecular weight excluding hydrogens is 240 g/mol. The van der Waals surface area contributed by atoms with Gasteiger partial charge in [0.2, 0.25) is 5.88 Å². The lowest BCUT2D eigenvalue weighted by Gasteiger charge is -2.08. The number of anilines is 1. The molecule has 3 aromatic rings. The van der Waals surface area contributed by atoms with Crippen LogP contribution in [0.5, 0.6) is 11.6 Å². The molecule has 1 aromatic carbocycles. The first-order chi connectivity index (χ1) is 9.26. The highest BCUT2D eigenvalue weighted by molar-refractivity contribution is 5.55. The number of fused-ring (bicyclic) bond motifs is 1. The first kappa shape index (κ1) is 11.5. The van der Waals surface area contributed by atoms with Crippen molar-refractivity contribution in [1.82, 2.24) is 14.6 Å². The Morgan fingerprint density at radius 3 is 2.95 bits per heavy atom. The maximum absolute atomic E-state index is 5.97. The van der Waals surface area contributed by atoms with E-state index in [1.807, 2.05) is 24.3 Å². The molecule has 2 N–H and O–H groups in total. The van der Waals surface area contributed by atoms with Crippen molar-refractivity contribution in [3.05, 3.63) is 48.3 Å². The number of nitrogen functional groups attached to an aromatic ring is 1. The second-order valence-corrected chi connectivity index (χ2v) is 4.23. The Bertz CT molecular complexity index is 720. The van der Waals surface area contributed by atoms with E-state index in [0.29, 0.717) is 17.3 Å². The van der Waals surface area contributed by atoms with E-state index in [4.69, 9.17) is 10.5 Å². The van der Waals surface area contributed by atoms with Gasteiger partial charge in [-0.3, -0.25) is 0 Å². The molecule has 2 heterocycles. The van der Waals surface area contributed by atoms with Crippen LogP contribution in [0.2, 0.25) is 0 Å². The molecule has 5 nitrogen and oxygen atoms in total. The van der Waals surface area contributed by atoms with Crippen LogP contribution in [0, 0.1) is 0 Å². The molecule has 2 aromatic heterocycles. The maximum atomic E-state index is 5.97. The standard InChI is InChI=1S/C14H14N4O/c1-2-10-3-4-12(11(15)9-10)19-14-6-8-18-13(17-14)5-7-16-18/h3-9H,2,15H2,1H3. The minimum atomic E-state index is 0.504. The zero-order valence-electron chi connectivity index (χ0n) is 10.6. The highest BCUT2D eigenvalue weighted by Crippen LogP contribution is 2.27. The van der Waals surface area contributed by atoms with Crippen LogP contribution in [0.3, 0.4) is 0 Å². The van der Waals surface area contributed by atoms with Crippen LogP contribution in [0.4, 0.5) is 5.69 Å². The monoisotopic (exact) mass is 254 g/mol. The van der Waals surface area contributed by atoms with E-state index < -0.39 is 0 Å². The third kappa shape index (κ3) is 2.22. The van der Waals surface area contributed by atoms with Crippen LogP contribution in [0.1, 0.15) is 12.5 Å². The Balaban J connectivity index is 1.91. The zero-order chi connectivity index (χ0) is 13.2. The van der Waals surface area contributed by atoms with Crippen LogP contribution < -0.4 is 10.5 Å². The van der Waals surface area contributed by atoms with Crippen LogP contribution >= 0.6 is 0 Å². The number of nitrogens with zero attached hydrogens (tertiary/aromatic N) is 3. The van der Waals surface area contributed by atoms with Crippen molar-refractivity contribution in [2.24, 2.45) is 0 Å². The highest BCUT2D eigenvalue weighted by atomic mass is 16.5. The summed E-state index contributed by atoms with van der Waals surface area (Å²) < 4.78 is 7.39. The number of aryl methyl sites for hydroxylation is 1. The lowest BCUT2D eigenvalue weighted by molar-refractivity contribution is 0.465. The number of ether oxygens (including phenoxy) is 1. The largest absolute Gasteiger partial charge is 0.437 e. The van der Waals surface area contributed by atoms with Gasteiger partial charge in [0.1, 0.15) is 0 Å². The van der Waals surface area contributed by atoms with Crippen LogP contribution in [-0.4, -0.2) is 14.6 Å². The number of hydrogen-bond acceptors (Lipinski definition) is 4. The van der Waals surface area contributed by atoms with E-state index in [9.17, 15) is 0 Å². The van der Waals surface area contributed by atoms with Gasteiger partial charge >= 0.3 is 0 Å². The molecule has 0 unspecified atom stereocenters. The third-order valence-corrected chi connectivity index (χ3v) is 2.93. The van der Waals surface area contributed by atoms with E-state index in [2.05, 4.69) is 17.0 Å². The zero-order valence-corrected chi connectivity index (χ0v) is 10.6. The first-order valence-electron chi connectivity index (χ1n) is 6.13. The van der Waals surface area contributed by atoms with Crippen molar-refractivity contribution in [1.29, 1.82) is 0 Å². The Labute approximate surface area is 110 Å². The third-order valence-electron chi connectivity index (χ3n) is 2.93. The Morgan fingerprint density at radius 1 is 1.26 bits per heavy atom. The molecular formula is C14H14N4O. The molecule has 0 aliphatic heterocycles. The van der Waals surface area contributed by atoms with Gasteiger partial charge in [-0.1, -0.05) is 13.0 Å². The fraction of sp³-hybridized carbons (Fsp3) is 0.143. The van der Waals surface area contributed by atoms with Gasteiger partial charge in [-0.05, 0) is 24.1 Å². The summed E-state index contributed by atoms with van der Waals surface area (Å²) in [6.07, 6.45) is 4.44. The molecule has 19 heavy (non-hydrogen) atoms. The normalized spacial score (nSPS) is 10.8. The van der Waals surface area contributed by atoms with Gasteiger partial charge in [0, 0.05) is 18.3 Å².